The van der Waals surface area contributed by atoms with Gasteiger partial charge >= 0.3 is 0 Å². The van der Waals surface area contributed by atoms with Crippen LogP contribution < -0.4 is 5.32 Å². The standard InChI is InChI=1S/C22H30N4O2S/c1-2-9-23-20(27)18-24-10-6-11-26(13-12-24)22(28)21(19-7-4-3-5-8-19)25-14-16-29-17-15-25/h1,3-5,7-8,21H,6,9-18H2,(H,23,27). The number of rotatable bonds is 6. The number of hydrogen-bond donors (Lipinski definition) is 1. The second kappa shape index (κ2) is 11.2. The van der Waals surface area contributed by atoms with E-state index in [-0.39, 0.29) is 24.4 Å². The first-order chi connectivity index (χ1) is 14.2. The van der Waals surface area contributed by atoms with Crippen molar-refractivity contribution in [2.24, 2.45) is 0 Å². The molecule has 6 nitrogen and oxygen atoms in total. The molecule has 7 heteroatoms. The summed E-state index contributed by atoms with van der Waals surface area (Å²) in [6.07, 6.45) is 6.06. The molecule has 1 N–H and O–H groups in total. The van der Waals surface area contributed by atoms with Crippen molar-refractivity contribution in [2.75, 3.05) is 63.9 Å². The Kier molecular flexibility index (Phi) is 8.41. The van der Waals surface area contributed by atoms with Crippen LogP contribution in [-0.2, 0) is 9.59 Å². The lowest BCUT2D eigenvalue weighted by Gasteiger charge is -2.36. The van der Waals surface area contributed by atoms with Crippen LogP contribution in [-0.4, -0.2) is 90.4 Å². The van der Waals surface area contributed by atoms with Crippen LogP contribution in [0.5, 0.6) is 0 Å². The van der Waals surface area contributed by atoms with Crippen LogP contribution in [0, 0.1) is 12.3 Å². The zero-order valence-electron chi connectivity index (χ0n) is 16.9. The maximum atomic E-state index is 13.6. The normalized spacial score (nSPS) is 19.8. The highest BCUT2D eigenvalue weighted by molar-refractivity contribution is 7.99. The monoisotopic (exact) mass is 414 g/mol. The smallest absolute Gasteiger partial charge is 0.244 e. The molecule has 3 rings (SSSR count). The van der Waals surface area contributed by atoms with Gasteiger partial charge in [0.15, 0.2) is 0 Å². The van der Waals surface area contributed by atoms with Crippen molar-refractivity contribution in [3.05, 3.63) is 35.9 Å². The number of terminal acetylenes is 1. The first-order valence-corrected chi connectivity index (χ1v) is 11.4. The Hall–Kier alpha value is -2.01. The maximum Gasteiger partial charge on any atom is 0.244 e. The predicted octanol–water partition coefficient (Wildman–Crippen LogP) is 1.06. The molecule has 29 heavy (non-hydrogen) atoms. The van der Waals surface area contributed by atoms with Gasteiger partial charge in [-0.05, 0) is 12.0 Å². The molecule has 2 fully saturated rings. The number of nitrogens with zero attached hydrogens (tertiary/aromatic N) is 3. The molecule has 2 heterocycles. The molecular formula is C22H30N4O2S. The molecule has 0 radical (unpaired) electrons. The first-order valence-electron chi connectivity index (χ1n) is 10.3. The molecule has 2 saturated heterocycles. The van der Waals surface area contributed by atoms with E-state index >= 15 is 0 Å². The first kappa shape index (κ1) is 21.7. The Labute approximate surface area is 178 Å². The molecule has 1 aromatic carbocycles. The SMILES string of the molecule is C#CCNC(=O)CN1CCCN(C(=O)C(c2ccccc2)N2CCSCC2)CC1. The van der Waals surface area contributed by atoms with Crippen molar-refractivity contribution in [3.8, 4) is 12.3 Å². The highest BCUT2D eigenvalue weighted by Crippen LogP contribution is 2.26. The Bertz CT molecular complexity index is 715. The minimum absolute atomic E-state index is 0.0595. The van der Waals surface area contributed by atoms with Crippen LogP contribution in [0.3, 0.4) is 0 Å². The van der Waals surface area contributed by atoms with Crippen LogP contribution in [0.4, 0.5) is 0 Å². The summed E-state index contributed by atoms with van der Waals surface area (Å²) in [5, 5.41) is 2.71. The summed E-state index contributed by atoms with van der Waals surface area (Å²) in [4.78, 5) is 32.0. The van der Waals surface area contributed by atoms with E-state index in [1.165, 1.54) is 0 Å². The molecule has 2 aliphatic heterocycles. The van der Waals surface area contributed by atoms with Crippen molar-refractivity contribution in [1.29, 1.82) is 0 Å². The fourth-order valence-electron chi connectivity index (χ4n) is 3.91. The molecule has 0 aromatic heterocycles. The average molecular weight is 415 g/mol. The molecule has 1 unspecified atom stereocenters. The van der Waals surface area contributed by atoms with Crippen LogP contribution in [0.1, 0.15) is 18.0 Å². The van der Waals surface area contributed by atoms with Crippen molar-refractivity contribution >= 4 is 23.6 Å². The van der Waals surface area contributed by atoms with Gasteiger partial charge in [0.1, 0.15) is 6.04 Å². The van der Waals surface area contributed by atoms with Crippen molar-refractivity contribution in [3.63, 3.8) is 0 Å². The van der Waals surface area contributed by atoms with E-state index in [0.29, 0.717) is 19.6 Å². The fourth-order valence-corrected chi connectivity index (χ4v) is 4.84. The lowest BCUT2D eigenvalue weighted by Crippen LogP contribution is -2.47. The Balaban J connectivity index is 1.65. The highest BCUT2D eigenvalue weighted by Gasteiger charge is 2.33. The van der Waals surface area contributed by atoms with Gasteiger partial charge in [-0.3, -0.25) is 19.4 Å². The number of carbonyl (C=O) groups excluding carboxylic acids is 2. The van der Waals surface area contributed by atoms with Crippen LogP contribution in [0.25, 0.3) is 0 Å². The maximum absolute atomic E-state index is 13.6. The summed E-state index contributed by atoms with van der Waals surface area (Å²) < 4.78 is 0. The molecular weight excluding hydrogens is 384 g/mol. The second-order valence-corrected chi connectivity index (χ2v) is 8.62. The molecule has 156 valence electrons. The van der Waals surface area contributed by atoms with E-state index in [0.717, 1.165) is 49.7 Å². The van der Waals surface area contributed by atoms with E-state index in [1.807, 2.05) is 34.9 Å². The quantitative estimate of drug-likeness (QED) is 0.706. The van der Waals surface area contributed by atoms with Crippen LogP contribution in [0.2, 0.25) is 0 Å². The van der Waals surface area contributed by atoms with E-state index in [1.54, 1.807) is 0 Å². The molecule has 0 saturated carbocycles. The van der Waals surface area contributed by atoms with E-state index in [4.69, 9.17) is 6.42 Å². The zero-order chi connectivity index (χ0) is 20.5. The number of hydrogen-bond acceptors (Lipinski definition) is 5. The summed E-state index contributed by atoms with van der Waals surface area (Å²) >= 11 is 1.95. The van der Waals surface area contributed by atoms with E-state index in [9.17, 15) is 9.59 Å². The molecule has 0 spiro atoms. The van der Waals surface area contributed by atoms with Crippen LogP contribution in [0.15, 0.2) is 30.3 Å². The Morgan fingerprint density at radius 2 is 1.83 bits per heavy atom. The minimum Gasteiger partial charge on any atom is -0.344 e. The van der Waals surface area contributed by atoms with Gasteiger partial charge in [0.25, 0.3) is 0 Å². The van der Waals surface area contributed by atoms with Gasteiger partial charge in [-0.15, -0.1) is 6.42 Å². The highest BCUT2D eigenvalue weighted by atomic mass is 32.2. The van der Waals surface area contributed by atoms with Gasteiger partial charge in [0.05, 0.1) is 13.1 Å². The van der Waals surface area contributed by atoms with Gasteiger partial charge in [-0.1, -0.05) is 36.3 Å². The topological polar surface area (TPSA) is 55.9 Å². The summed E-state index contributed by atoms with van der Waals surface area (Å²) in [5.41, 5.74) is 1.07. The number of nitrogens with one attached hydrogen (secondary N) is 1. The molecule has 2 aliphatic rings. The molecule has 1 atom stereocenters. The lowest BCUT2D eigenvalue weighted by molar-refractivity contribution is -0.137. The van der Waals surface area contributed by atoms with Gasteiger partial charge in [0, 0.05) is 50.8 Å². The lowest BCUT2D eigenvalue weighted by atomic mass is 10.0. The minimum atomic E-state index is -0.220. The van der Waals surface area contributed by atoms with E-state index < -0.39 is 0 Å². The fraction of sp³-hybridized carbons (Fsp3) is 0.545. The number of amides is 2. The molecule has 0 bridgehead atoms. The molecule has 1 aromatic rings. The third kappa shape index (κ3) is 6.23. The van der Waals surface area contributed by atoms with Gasteiger partial charge in [0.2, 0.25) is 11.8 Å². The van der Waals surface area contributed by atoms with Gasteiger partial charge < -0.3 is 10.2 Å². The summed E-state index contributed by atoms with van der Waals surface area (Å²) in [7, 11) is 0. The Morgan fingerprint density at radius 1 is 1.07 bits per heavy atom. The van der Waals surface area contributed by atoms with Gasteiger partial charge in [-0.2, -0.15) is 11.8 Å². The molecule has 2 amide bonds. The second-order valence-electron chi connectivity index (χ2n) is 7.40. The Morgan fingerprint density at radius 3 is 2.55 bits per heavy atom. The van der Waals surface area contributed by atoms with Crippen molar-refractivity contribution in [1.82, 2.24) is 20.0 Å². The third-order valence-corrected chi connectivity index (χ3v) is 6.36. The van der Waals surface area contributed by atoms with Crippen LogP contribution >= 0.6 is 11.8 Å². The molecule has 0 aliphatic carbocycles. The average Bonchev–Trinajstić information content (AvgIpc) is 2.99. The summed E-state index contributed by atoms with van der Waals surface area (Å²) in [6.45, 7) is 5.34. The largest absolute Gasteiger partial charge is 0.344 e. The summed E-state index contributed by atoms with van der Waals surface area (Å²) in [6, 6.07) is 9.91. The van der Waals surface area contributed by atoms with Crippen molar-refractivity contribution in [2.45, 2.75) is 12.5 Å². The summed E-state index contributed by atoms with van der Waals surface area (Å²) in [5.74, 6) is 4.68. The van der Waals surface area contributed by atoms with E-state index in [2.05, 4.69) is 33.2 Å². The van der Waals surface area contributed by atoms with Crippen molar-refractivity contribution < 1.29 is 9.59 Å². The number of benzene rings is 1. The number of thioether (sulfide) groups is 1. The zero-order valence-corrected chi connectivity index (χ0v) is 17.7. The van der Waals surface area contributed by atoms with Gasteiger partial charge in [-0.25, -0.2) is 0 Å². The number of carbonyl (C=O) groups is 2. The predicted molar refractivity (Wildman–Crippen MR) is 118 cm³/mol. The third-order valence-electron chi connectivity index (χ3n) is 5.42.